The minimum atomic E-state index is 0.927. The molecule has 3 rings (SSSR count). The molecule has 2 aromatic heterocycles. The van der Waals surface area contributed by atoms with Crippen molar-refractivity contribution in [2.24, 2.45) is 7.05 Å². The van der Waals surface area contributed by atoms with Gasteiger partial charge in [-0.2, -0.15) is 5.10 Å². The molecule has 0 aromatic carbocycles. The summed E-state index contributed by atoms with van der Waals surface area (Å²) >= 11 is 0. The molecule has 1 aliphatic heterocycles. The van der Waals surface area contributed by atoms with Crippen LogP contribution in [-0.4, -0.2) is 57.4 Å². The van der Waals surface area contributed by atoms with E-state index in [-0.39, 0.29) is 0 Å². The Hall–Kier alpha value is -1.69. The van der Waals surface area contributed by atoms with Gasteiger partial charge in [0.1, 0.15) is 12.1 Å². The highest BCUT2D eigenvalue weighted by molar-refractivity contribution is 5.89. The van der Waals surface area contributed by atoms with E-state index in [0.717, 1.165) is 48.7 Å². The van der Waals surface area contributed by atoms with E-state index in [9.17, 15) is 0 Å². The maximum absolute atomic E-state index is 4.57. The summed E-state index contributed by atoms with van der Waals surface area (Å²) in [5, 5.41) is 5.61. The molecule has 24 heavy (non-hydrogen) atoms. The summed E-state index contributed by atoms with van der Waals surface area (Å²) < 4.78 is 1.85. The topological polar surface area (TPSA) is 50.1 Å². The van der Waals surface area contributed by atoms with Crippen LogP contribution in [0.4, 0.5) is 5.82 Å². The van der Waals surface area contributed by atoms with Crippen LogP contribution < -0.4 is 4.90 Å². The number of hydrogen-bond acceptors (Lipinski definition) is 5. The number of aryl methyl sites for hydroxylation is 2. The highest BCUT2D eigenvalue weighted by Gasteiger charge is 2.22. The molecule has 132 valence electrons. The van der Waals surface area contributed by atoms with E-state index in [1.165, 1.54) is 38.6 Å². The van der Waals surface area contributed by atoms with Crippen molar-refractivity contribution in [2.45, 2.75) is 46.0 Å². The van der Waals surface area contributed by atoms with Gasteiger partial charge < -0.3 is 4.90 Å². The van der Waals surface area contributed by atoms with Crippen molar-refractivity contribution < 1.29 is 0 Å². The van der Waals surface area contributed by atoms with Gasteiger partial charge in [0.25, 0.3) is 0 Å². The molecule has 0 spiro atoms. The first kappa shape index (κ1) is 17.1. The van der Waals surface area contributed by atoms with Crippen LogP contribution in [0.1, 0.15) is 44.7 Å². The van der Waals surface area contributed by atoms with E-state index in [2.05, 4.69) is 31.8 Å². The van der Waals surface area contributed by atoms with Gasteiger partial charge in [-0.1, -0.05) is 32.6 Å². The molecule has 0 saturated carbocycles. The molecule has 0 bridgehead atoms. The number of anilines is 1. The largest absolute Gasteiger partial charge is 0.353 e. The molecular weight excluding hydrogens is 300 g/mol. The van der Waals surface area contributed by atoms with Crippen LogP contribution in [0.5, 0.6) is 0 Å². The summed E-state index contributed by atoms with van der Waals surface area (Å²) in [5.74, 6) is 1.05. The second kappa shape index (κ2) is 7.92. The van der Waals surface area contributed by atoms with Gasteiger partial charge in [0.05, 0.1) is 11.1 Å². The van der Waals surface area contributed by atoms with E-state index in [1.54, 1.807) is 6.33 Å². The summed E-state index contributed by atoms with van der Waals surface area (Å²) in [6.07, 6.45) is 8.45. The number of rotatable bonds is 7. The fourth-order valence-electron chi connectivity index (χ4n) is 3.62. The normalized spacial score (nSPS) is 16.2. The summed E-state index contributed by atoms with van der Waals surface area (Å²) in [6, 6.07) is 0. The molecule has 6 nitrogen and oxygen atoms in total. The first-order valence-corrected chi connectivity index (χ1v) is 9.32. The lowest BCUT2D eigenvalue weighted by Crippen LogP contribution is -2.47. The van der Waals surface area contributed by atoms with Crippen molar-refractivity contribution in [1.82, 2.24) is 24.6 Å². The Morgan fingerprint density at radius 1 is 1.00 bits per heavy atom. The zero-order valence-electron chi connectivity index (χ0n) is 15.3. The van der Waals surface area contributed by atoms with Crippen LogP contribution in [0.25, 0.3) is 11.0 Å². The third-order valence-corrected chi connectivity index (χ3v) is 5.03. The summed E-state index contributed by atoms with van der Waals surface area (Å²) in [6.45, 7) is 9.87. The Labute approximate surface area is 144 Å². The van der Waals surface area contributed by atoms with Crippen molar-refractivity contribution in [3.8, 4) is 0 Å². The average molecular weight is 330 g/mol. The zero-order valence-corrected chi connectivity index (χ0v) is 15.3. The minimum absolute atomic E-state index is 0.927. The van der Waals surface area contributed by atoms with Crippen LogP contribution in [0, 0.1) is 6.92 Å². The minimum Gasteiger partial charge on any atom is -0.353 e. The Morgan fingerprint density at radius 2 is 1.75 bits per heavy atom. The molecule has 0 atom stereocenters. The molecule has 0 radical (unpaired) electrons. The van der Waals surface area contributed by atoms with Crippen LogP contribution >= 0.6 is 0 Å². The maximum Gasteiger partial charge on any atom is 0.163 e. The lowest BCUT2D eigenvalue weighted by atomic mass is 10.1. The van der Waals surface area contributed by atoms with Crippen LogP contribution in [0.3, 0.4) is 0 Å². The van der Waals surface area contributed by atoms with Gasteiger partial charge in [0.15, 0.2) is 5.65 Å². The molecule has 0 unspecified atom stereocenters. The number of unbranched alkanes of at least 4 members (excludes halogenated alkanes) is 4. The third kappa shape index (κ3) is 3.69. The van der Waals surface area contributed by atoms with Crippen molar-refractivity contribution in [3.63, 3.8) is 0 Å². The molecule has 0 aliphatic carbocycles. The molecule has 6 heteroatoms. The molecule has 1 aliphatic rings. The Bertz CT molecular complexity index is 657. The van der Waals surface area contributed by atoms with E-state index < -0.39 is 0 Å². The molecule has 1 saturated heterocycles. The van der Waals surface area contributed by atoms with Crippen molar-refractivity contribution in [2.75, 3.05) is 37.6 Å². The van der Waals surface area contributed by atoms with Crippen molar-refractivity contribution in [3.05, 3.63) is 12.0 Å². The van der Waals surface area contributed by atoms with Crippen molar-refractivity contribution in [1.29, 1.82) is 0 Å². The first-order chi connectivity index (χ1) is 11.7. The van der Waals surface area contributed by atoms with Gasteiger partial charge >= 0.3 is 0 Å². The quantitative estimate of drug-likeness (QED) is 0.731. The van der Waals surface area contributed by atoms with Gasteiger partial charge in [-0.05, 0) is 19.9 Å². The molecular formula is C18H30N6. The number of aromatic nitrogens is 4. The van der Waals surface area contributed by atoms with Crippen LogP contribution in [-0.2, 0) is 7.05 Å². The Kier molecular flexibility index (Phi) is 5.66. The number of piperazine rings is 1. The van der Waals surface area contributed by atoms with E-state index in [0.29, 0.717) is 0 Å². The predicted octanol–water partition coefficient (Wildman–Crippen LogP) is 2.76. The van der Waals surface area contributed by atoms with Gasteiger partial charge in [-0.25, -0.2) is 9.97 Å². The lowest BCUT2D eigenvalue weighted by Gasteiger charge is -2.35. The summed E-state index contributed by atoms with van der Waals surface area (Å²) in [4.78, 5) is 13.9. The first-order valence-electron chi connectivity index (χ1n) is 9.32. The van der Waals surface area contributed by atoms with Gasteiger partial charge in [0, 0.05) is 33.2 Å². The molecule has 2 aromatic rings. The lowest BCUT2D eigenvalue weighted by molar-refractivity contribution is 0.251. The smallest absolute Gasteiger partial charge is 0.163 e. The fraction of sp³-hybridized carbons (Fsp3) is 0.722. The second-order valence-corrected chi connectivity index (χ2v) is 6.85. The van der Waals surface area contributed by atoms with Crippen LogP contribution in [0.15, 0.2) is 6.33 Å². The molecule has 0 N–H and O–H groups in total. The zero-order chi connectivity index (χ0) is 16.9. The highest BCUT2D eigenvalue weighted by Crippen LogP contribution is 2.26. The van der Waals surface area contributed by atoms with E-state index in [1.807, 2.05) is 18.7 Å². The second-order valence-electron chi connectivity index (χ2n) is 6.85. The van der Waals surface area contributed by atoms with Gasteiger partial charge in [0.2, 0.25) is 0 Å². The molecule has 1 fully saturated rings. The predicted molar refractivity (Wildman–Crippen MR) is 98.5 cm³/mol. The summed E-state index contributed by atoms with van der Waals surface area (Å²) in [7, 11) is 1.95. The standard InChI is InChI=1S/C18H30N6/c1-4-5-6-7-8-9-23-10-12-24(13-11-23)18-16-15(2)21-22(3)17(16)19-14-20-18/h14H,4-13H2,1-3H3. The van der Waals surface area contributed by atoms with E-state index >= 15 is 0 Å². The fourth-order valence-corrected chi connectivity index (χ4v) is 3.62. The Balaban J connectivity index is 1.57. The number of nitrogens with zero attached hydrogens (tertiary/aromatic N) is 6. The monoisotopic (exact) mass is 330 g/mol. The van der Waals surface area contributed by atoms with Gasteiger partial charge in [-0.15, -0.1) is 0 Å². The van der Waals surface area contributed by atoms with Crippen molar-refractivity contribution >= 4 is 16.9 Å². The highest BCUT2D eigenvalue weighted by atomic mass is 15.3. The third-order valence-electron chi connectivity index (χ3n) is 5.03. The average Bonchev–Trinajstić information content (AvgIpc) is 2.90. The van der Waals surface area contributed by atoms with E-state index in [4.69, 9.17) is 0 Å². The number of hydrogen-bond donors (Lipinski definition) is 0. The van der Waals surface area contributed by atoms with Crippen LogP contribution in [0.2, 0.25) is 0 Å². The molecule has 3 heterocycles. The van der Waals surface area contributed by atoms with Gasteiger partial charge in [-0.3, -0.25) is 9.58 Å². The maximum atomic E-state index is 4.57. The summed E-state index contributed by atoms with van der Waals surface area (Å²) in [5.41, 5.74) is 1.94. The number of fused-ring (bicyclic) bond motifs is 1. The molecule has 0 amide bonds. The Morgan fingerprint density at radius 3 is 2.50 bits per heavy atom. The SMILES string of the molecule is CCCCCCCN1CCN(c2ncnc3c2c(C)nn3C)CC1.